The Kier molecular flexibility index (Phi) is 1.24. The highest BCUT2D eigenvalue weighted by Gasteiger charge is 2.31. The summed E-state index contributed by atoms with van der Waals surface area (Å²) in [4.78, 5) is 0. The van der Waals surface area contributed by atoms with E-state index in [1.807, 2.05) is 0 Å². The number of aliphatic hydroxyl groups is 1. The Morgan fingerprint density at radius 2 is 2.29 bits per heavy atom. The molecule has 0 saturated heterocycles. The van der Waals surface area contributed by atoms with Gasteiger partial charge in [-0.15, -0.1) is 6.92 Å². The molecule has 1 N–H and O–H groups in total. The smallest absolute Gasteiger partial charge is 0.166 e. The Balaban J connectivity index is 2.10. The summed E-state index contributed by atoms with van der Waals surface area (Å²) >= 11 is 0. The Hall–Kier alpha value is -0.170. The van der Waals surface area contributed by atoms with E-state index in [1.54, 1.807) is 6.42 Å². The molecule has 40 valence electrons. The second kappa shape index (κ2) is 1.74. The van der Waals surface area contributed by atoms with Gasteiger partial charge in [-0.1, -0.05) is 0 Å². The second-order valence-corrected chi connectivity index (χ2v) is 2.06. The van der Waals surface area contributed by atoms with Gasteiger partial charge < -0.3 is 5.11 Å². The maximum Gasteiger partial charge on any atom is 0.166 e. The largest absolute Gasteiger partial charge is 0.355 e. The molecule has 1 aliphatic carbocycles. The van der Waals surface area contributed by atoms with Gasteiger partial charge in [-0.3, -0.25) is 0 Å². The van der Waals surface area contributed by atoms with Gasteiger partial charge in [-0.2, -0.15) is 0 Å². The van der Waals surface area contributed by atoms with Crippen LogP contribution in [0.2, 0.25) is 0 Å². The molecule has 0 aromatic carbocycles. The van der Waals surface area contributed by atoms with Crippen LogP contribution in [-0.4, -0.2) is 11.2 Å². The van der Waals surface area contributed by atoms with E-state index in [1.165, 1.54) is 12.8 Å². The van der Waals surface area contributed by atoms with Gasteiger partial charge >= 0.3 is 0 Å². The molecule has 0 aromatic heterocycles. The second-order valence-electron chi connectivity index (χ2n) is 2.06. The standard InChI is InChI=1S/C6H10O/c1-2-6(7)5-3-4-5/h2,5-7H,1,3-4H2/t6-/m0/s1. The normalized spacial score (nSPS) is 24.3. The Morgan fingerprint density at radius 3 is 2.43 bits per heavy atom. The summed E-state index contributed by atoms with van der Waals surface area (Å²) in [6, 6.07) is 0. The van der Waals surface area contributed by atoms with Gasteiger partial charge in [-0.25, -0.2) is 0 Å². The zero-order valence-electron chi connectivity index (χ0n) is 4.30. The molecule has 1 nitrogen and oxygen atoms in total. The first-order valence-electron chi connectivity index (χ1n) is 2.65. The first-order chi connectivity index (χ1) is 3.34. The third kappa shape index (κ3) is 1.10. The minimum atomic E-state index is -0.222. The summed E-state index contributed by atoms with van der Waals surface area (Å²) in [5.74, 6) is 0.553. The minimum absolute atomic E-state index is 0.222. The summed E-state index contributed by atoms with van der Waals surface area (Å²) in [6.45, 7) is 3.47. The molecule has 0 aliphatic heterocycles. The number of hydrogen-bond acceptors (Lipinski definition) is 1. The maximum atomic E-state index is 8.88. The van der Waals surface area contributed by atoms with Crippen LogP contribution in [0.15, 0.2) is 0 Å². The van der Waals surface area contributed by atoms with Crippen LogP contribution in [0.3, 0.4) is 0 Å². The summed E-state index contributed by atoms with van der Waals surface area (Å²) in [7, 11) is 0. The lowest BCUT2D eigenvalue weighted by Gasteiger charge is -1.96. The van der Waals surface area contributed by atoms with Crippen LogP contribution in [-0.2, 0) is 0 Å². The van der Waals surface area contributed by atoms with Crippen LogP contribution < -0.4 is 0 Å². The zero-order valence-corrected chi connectivity index (χ0v) is 4.30. The quantitative estimate of drug-likeness (QED) is 0.506. The van der Waals surface area contributed by atoms with E-state index in [0.29, 0.717) is 5.92 Å². The average Bonchev–Trinajstić information content (AvgIpc) is 2.44. The number of aliphatic hydroxyl groups excluding tert-OH is 1. The molecule has 0 heterocycles. The molecular formula is C6H10O. The summed E-state index contributed by atoms with van der Waals surface area (Å²) in [6.07, 6.45) is 3.76. The summed E-state index contributed by atoms with van der Waals surface area (Å²) < 4.78 is 0. The Bertz CT molecular complexity index is 57.2. The molecule has 0 radical (unpaired) electrons. The first-order valence-corrected chi connectivity index (χ1v) is 2.65. The number of rotatable bonds is 2. The van der Waals surface area contributed by atoms with Gasteiger partial charge in [0.2, 0.25) is 0 Å². The van der Waals surface area contributed by atoms with Crippen LogP contribution >= 0.6 is 0 Å². The lowest BCUT2D eigenvalue weighted by atomic mass is 10.2. The molecule has 0 aromatic rings. The third-order valence-electron chi connectivity index (χ3n) is 1.35. The van der Waals surface area contributed by atoms with E-state index < -0.39 is 0 Å². The average molecular weight is 98.1 g/mol. The highest BCUT2D eigenvalue weighted by Crippen LogP contribution is 2.33. The molecule has 1 heteroatoms. The number of hydrogen-bond donors (Lipinski definition) is 1. The fraction of sp³-hybridized carbons (Fsp3) is 0.667. The molecule has 1 aliphatic rings. The van der Waals surface area contributed by atoms with Crippen LogP contribution in [0, 0.1) is 19.3 Å². The van der Waals surface area contributed by atoms with Gasteiger partial charge in [0.05, 0.1) is 0 Å². The van der Waals surface area contributed by atoms with E-state index in [2.05, 4.69) is 6.92 Å². The Labute approximate surface area is 44.4 Å². The van der Waals surface area contributed by atoms with Crippen molar-refractivity contribution in [2.75, 3.05) is 0 Å². The van der Waals surface area contributed by atoms with Crippen molar-refractivity contribution in [3.63, 3.8) is 0 Å². The van der Waals surface area contributed by atoms with Gasteiger partial charge in [-0.05, 0) is 19.3 Å². The van der Waals surface area contributed by atoms with Crippen molar-refractivity contribution in [1.82, 2.24) is 0 Å². The van der Waals surface area contributed by atoms with Crippen molar-refractivity contribution < 1.29 is 5.11 Å². The van der Waals surface area contributed by atoms with Gasteiger partial charge in [0, 0.05) is 5.92 Å². The molecular weight excluding hydrogens is 88.1 g/mol. The summed E-state index contributed by atoms with van der Waals surface area (Å²) in [5, 5.41) is 8.88. The van der Waals surface area contributed by atoms with Crippen LogP contribution in [0.25, 0.3) is 0 Å². The topological polar surface area (TPSA) is 20.2 Å². The minimum Gasteiger partial charge on any atom is -0.355 e. The molecule has 1 atom stereocenters. The van der Waals surface area contributed by atoms with Crippen LogP contribution in [0.1, 0.15) is 12.8 Å². The SMILES string of the molecule is [CH2-][CH+][C@H](O)C1CC1. The third-order valence-corrected chi connectivity index (χ3v) is 1.35. The fourth-order valence-corrected chi connectivity index (χ4v) is 0.630. The molecule has 1 rings (SSSR count). The van der Waals surface area contributed by atoms with Gasteiger partial charge in [0.25, 0.3) is 0 Å². The van der Waals surface area contributed by atoms with Crippen molar-refractivity contribution in [3.05, 3.63) is 13.3 Å². The predicted molar refractivity (Wildman–Crippen MR) is 28.4 cm³/mol. The Morgan fingerprint density at radius 1 is 1.71 bits per heavy atom. The van der Waals surface area contributed by atoms with E-state index in [4.69, 9.17) is 5.11 Å². The highest BCUT2D eigenvalue weighted by molar-refractivity contribution is 4.90. The molecule has 1 saturated carbocycles. The first kappa shape index (κ1) is 4.98. The highest BCUT2D eigenvalue weighted by atomic mass is 16.3. The van der Waals surface area contributed by atoms with Gasteiger partial charge in [0.1, 0.15) is 0 Å². The van der Waals surface area contributed by atoms with Crippen molar-refractivity contribution in [2.45, 2.75) is 18.9 Å². The van der Waals surface area contributed by atoms with Crippen molar-refractivity contribution in [1.29, 1.82) is 0 Å². The van der Waals surface area contributed by atoms with Crippen molar-refractivity contribution in [2.24, 2.45) is 5.92 Å². The lowest BCUT2D eigenvalue weighted by Crippen LogP contribution is -2.06. The maximum absolute atomic E-state index is 8.88. The molecule has 0 amide bonds. The lowest BCUT2D eigenvalue weighted by molar-refractivity contribution is 0.187. The summed E-state index contributed by atoms with van der Waals surface area (Å²) in [5.41, 5.74) is 0. The van der Waals surface area contributed by atoms with E-state index in [9.17, 15) is 0 Å². The van der Waals surface area contributed by atoms with E-state index >= 15 is 0 Å². The molecule has 7 heavy (non-hydrogen) atoms. The van der Waals surface area contributed by atoms with E-state index in [0.717, 1.165) is 0 Å². The molecule has 0 spiro atoms. The molecule has 0 unspecified atom stereocenters. The van der Waals surface area contributed by atoms with Crippen LogP contribution in [0.5, 0.6) is 0 Å². The zero-order chi connectivity index (χ0) is 5.28. The van der Waals surface area contributed by atoms with E-state index in [-0.39, 0.29) is 6.10 Å². The van der Waals surface area contributed by atoms with Gasteiger partial charge in [0.15, 0.2) is 6.10 Å². The predicted octanol–water partition coefficient (Wildman–Crippen LogP) is 0.796. The fourth-order valence-electron chi connectivity index (χ4n) is 0.630. The van der Waals surface area contributed by atoms with Crippen molar-refractivity contribution in [3.8, 4) is 0 Å². The molecule has 1 fully saturated rings. The monoisotopic (exact) mass is 98.1 g/mol. The van der Waals surface area contributed by atoms with Crippen LogP contribution in [0.4, 0.5) is 0 Å². The van der Waals surface area contributed by atoms with Crippen molar-refractivity contribution >= 4 is 0 Å². The molecule has 0 bridgehead atoms.